The van der Waals surface area contributed by atoms with E-state index in [4.69, 9.17) is 11.6 Å². The van der Waals surface area contributed by atoms with Crippen molar-refractivity contribution in [3.05, 3.63) is 59.9 Å². The number of hydrogen-bond donors (Lipinski definition) is 3. The van der Waals surface area contributed by atoms with Gasteiger partial charge in [0.2, 0.25) is 0 Å². The predicted molar refractivity (Wildman–Crippen MR) is 110 cm³/mol. The number of fused-ring (bicyclic) bond motifs is 1. The number of phenols is 1. The predicted octanol–water partition coefficient (Wildman–Crippen LogP) is 3.27. The van der Waals surface area contributed by atoms with Crippen LogP contribution in [0, 0.1) is 0 Å². The van der Waals surface area contributed by atoms with Gasteiger partial charge in [0.1, 0.15) is 10.6 Å². The van der Waals surface area contributed by atoms with E-state index in [1.807, 2.05) is 0 Å². The molecule has 148 valence electrons. The summed E-state index contributed by atoms with van der Waals surface area (Å²) in [6, 6.07) is 11.4. The SMILES string of the molecule is Cn1cc(S(=O)(=O)Nc2nc3ccccc3nc2Nc2cc(Cl)ccc2O)cn1. The van der Waals surface area contributed by atoms with Gasteiger partial charge in [0.25, 0.3) is 10.0 Å². The Kier molecular flexibility index (Phi) is 4.73. The number of nitrogens with zero attached hydrogens (tertiary/aromatic N) is 4. The molecule has 4 aromatic rings. The third kappa shape index (κ3) is 3.93. The molecule has 0 fully saturated rings. The molecule has 0 amide bonds. The van der Waals surface area contributed by atoms with E-state index in [1.54, 1.807) is 31.3 Å². The van der Waals surface area contributed by atoms with Crippen molar-refractivity contribution in [1.82, 2.24) is 19.7 Å². The molecule has 0 radical (unpaired) electrons. The Balaban J connectivity index is 1.81. The summed E-state index contributed by atoms with van der Waals surface area (Å²) in [6.07, 6.45) is 2.60. The third-order valence-corrected chi connectivity index (χ3v) is 5.53. The van der Waals surface area contributed by atoms with Crippen LogP contribution >= 0.6 is 11.6 Å². The molecule has 0 saturated heterocycles. The second kappa shape index (κ2) is 7.22. The van der Waals surface area contributed by atoms with Crippen LogP contribution in [-0.2, 0) is 17.1 Å². The van der Waals surface area contributed by atoms with Crippen LogP contribution in [0.2, 0.25) is 5.02 Å². The van der Waals surface area contributed by atoms with Crippen LogP contribution in [0.25, 0.3) is 11.0 Å². The van der Waals surface area contributed by atoms with Crippen molar-refractivity contribution in [2.45, 2.75) is 4.90 Å². The Morgan fingerprint density at radius 1 is 1.07 bits per heavy atom. The molecule has 29 heavy (non-hydrogen) atoms. The minimum Gasteiger partial charge on any atom is -0.506 e. The van der Waals surface area contributed by atoms with Crippen LogP contribution in [0.3, 0.4) is 0 Å². The topological polar surface area (TPSA) is 122 Å². The highest BCUT2D eigenvalue weighted by Crippen LogP contribution is 2.32. The number of halogens is 1. The van der Waals surface area contributed by atoms with E-state index >= 15 is 0 Å². The van der Waals surface area contributed by atoms with Gasteiger partial charge in [-0.1, -0.05) is 23.7 Å². The normalized spacial score (nSPS) is 11.5. The minimum absolute atomic E-state index is 0.0217. The van der Waals surface area contributed by atoms with E-state index in [0.29, 0.717) is 16.1 Å². The van der Waals surface area contributed by atoms with Gasteiger partial charge >= 0.3 is 0 Å². The van der Waals surface area contributed by atoms with Gasteiger partial charge in [-0.2, -0.15) is 5.10 Å². The van der Waals surface area contributed by atoms with E-state index in [2.05, 4.69) is 25.1 Å². The fourth-order valence-corrected chi connectivity index (χ4v) is 3.78. The van der Waals surface area contributed by atoms with Gasteiger partial charge in [0.15, 0.2) is 11.6 Å². The molecule has 2 aromatic carbocycles. The number of benzene rings is 2. The number of aromatic hydroxyl groups is 1. The Morgan fingerprint density at radius 2 is 1.76 bits per heavy atom. The third-order valence-electron chi connectivity index (χ3n) is 4.00. The number of para-hydroxylation sites is 2. The van der Waals surface area contributed by atoms with E-state index in [9.17, 15) is 13.5 Å². The lowest BCUT2D eigenvalue weighted by Crippen LogP contribution is -2.15. The molecule has 4 rings (SSSR count). The zero-order valence-electron chi connectivity index (χ0n) is 15.0. The highest BCUT2D eigenvalue weighted by molar-refractivity contribution is 7.92. The highest BCUT2D eigenvalue weighted by Gasteiger charge is 2.21. The maximum absolute atomic E-state index is 12.7. The summed E-state index contributed by atoms with van der Waals surface area (Å²) in [4.78, 5) is 8.81. The molecule has 0 aliphatic carbocycles. The first-order valence-corrected chi connectivity index (χ1v) is 10.2. The van der Waals surface area contributed by atoms with Gasteiger partial charge in [-0.05, 0) is 30.3 Å². The number of sulfonamides is 1. The standard InChI is InChI=1S/C18H15ClN6O3S/c1-25-10-12(9-20-25)29(27,28)24-18-17(21-13-4-2-3-5-14(13)22-18)23-15-8-11(19)6-7-16(15)26/h2-10,26H,1H3,(H,21,23)(H,22,24). The maximum atomic E-state index is 12.7. The molecule has 0 spiro atoms. The zero-order chi connectivity index (χ0) is 20.6. The van der Waals surface area contributed by atoms with Gasteiger partial charge < -0.3 is 10.4 Å². The quantitative estimate of drug-likeness (QED) is 0.415. The summed E-state index contributed by atoms with van der Waals surface area (Å²) < 4.78 is 29.3. The average Bonchev–Trinajstić information content (AvgIpc) is 3.12. The summed E-state index contributed by atoms with van der Waals surface area (Å²) in [5.74, 6) is -0.00825. The number of hydrogen-bond acceptors (Lipinski definition) is 7. The largest absolute Gasteiger partial charge is 0.506 e. The number of phenolic OH excluding ortho intramolecular Hbond substituents is 1. The molecule has 0 aliphatic heterocycles. The fourth-order valence-electron chi connectivity index (χ4n) is 2.62. The summed E-state index contributed by atoms with van der Waals surface area (Å²) in [7, 11) is -2.34. The van der Waals surface area contributed by atoms with Gasteiger partial charge in [-0.3, -0.25) is 9.40 Å². The molecule has 0 atom stereocenters. The van der Waals surface area contributed by atoms with Crippen molar-refractivity contribution in [1.29, 1.82) is 0 Å². The number of rotatable bonds is 5. The smallest absolute Gasteiger partial charge is 0.266 e. The van der Waals surface area contributed by atoms with Gasteiger partial charge in [0.05, 0.1) is 22.9 Å². The Hall–Kier alpha value is -3.37. The molecule has 9 nitrogen and oxygen atoms in total. The molecule has 2 aromatic heterocycles. The first-order valence-electron chi connectivity index (χ1n) is 8.35. The van der Waals surface area contributed by atoms with Crippen molar-refractivity contribution in [3.63, 3.8) is 0 Å². The van der Waals surface area contributed by atoms with Crippen molar-refractivity contribution >= 4 is 50.0 Å². The van der Waals surface area contributed by atoms with Crippen LogP contribution in [0.5, 0.6) is 5.75 Å². The lowest BCUT2D eigenvalue weighted by Gasteiger charge is -2.14. The molecular formula is C18H15ClN6O3S. The molecule has 0 saturated carbocycles. The second-order valence-corrected chi connectivity index (χ2v) is 8.27. The van der Waals surface area contributed by atoms with E-state index in [-0.39, 0.29) is 28.0 Å². The summed E-state index contributed by atoms with van der Waals surface area (Å²) >= 11 is 6.00. The first kappa shape index (κ1) is 19.0. The van der Waals surface area contributed by atoms with Crippen LogP contribution in [-0.4, -0.2) is 33.3 Å². The van der Waals surface area contributed by atoms with Gasteiger partial charge in [0, 0.05) is 18.3 Å². The lowest BCUT2D eigenvalue weighted by atomic mass is 10.3. The summed E-state index contributed by atoms with van der Waals surface area (Å²) in [5, 5.41) is 17.3. The molecule has 2 heterocycles. The number of anilines is 3. The minimum atomic E-state index is -3.96. The molecule has 0 unspecified atom stereocenters. The van der Waals surface area contributed by atoms with Crippen LogP contribution in [0.1, 0.15) is 0 Å². The Bertz CT molecular complexity index is 1320. The van der Waals surface area contributed by atoms with E-state index < -0.39 is 10.0 Å². The van der Waals surface area contributed by atoms with E-state index in [0.717, 1.165) is 0 Å². The molecule has 0 aliphatic rings. The number of nitrogens with one attached hydrogen (secondary N) is 2. The monoisotopic (exact) mass is 430 g/mol. The van der Waals surface area contributed by atoms with Crippen LogP contribution in [0.4, 0.5) is 17.3 Å². The van der Waals surface area contributed by atoms with Crippen molar-refractivity contribution < 1.29 is 13.5 Å². The summed E-state index contributed by atoms with van der Waals surface area (Å²) in [6.45, 7) is 0. The zero-order valence-corrected chi connectivity index (χ0v) is 16.6. The lowest BCUT2D eigenvalue weighted by molar-refractivity contribution is 0.478. The van der Waals surface area contributed by atoms with Gasteiger partial charge in [-0.15, -0.1) is 0 Å². The average molecular weight is 431 g/mol. The summed E-state index contributed by atoms with van der Waals surface area (Å²) in [5.41, 5.74) is 1.29. The van der Waals surface area contributed by atoms with Crippen molar-refractivity contribution in [2.75, 3.05) is 10.0 Å². The second-order valence-electron chi connectivity index (χ2n) is 6.15. The van der Waals surface area contributed by atoms with E-state index in [1.165, 1.54) is 35.3 Å². The molecule has 3 N–H and O–H groups in total. The highest BCUT2D eigenvalue weighted by atomic mass is 35.5. The molecule has 11 heteroatoms. The van der Waals surface area contributed by atoms with Gasteiger partial charge in [-0.25, -0.2) is 18.4 Å². The van der Waals surface area contributed by atoms with Crippen LogP contribution < -0.4 is 10.0 Å². The van der Waals surface area contributed by atoms with Crippen LogP contribution in [0.15, 0.2) is 59.8 Å². The van der Waals surface area contributed by atoms with Crippen molar-refractivity contribution in [2.24, 2.45) is 7.05 Å². The number of aryl methyl sites for hydroxylation is 1. The molecular weight excluding hydrogens is 416 g/mol. The van der Waals surface area contributed by atoms with Crippen molar-refractivity contribution in [3.8, 4) is 5.75 Å². The fraction of sp³-hybridized carbons (Fsp3) is 0.0556. The first-order chi connectivity index (χ1) is 13.8. The Morgan fingerprint density at radius 3 is 2.41 bits per heavy atom. The maximum Gasteiger partial charge on any atom is 0.266 e. The Labute approximate surface area is 171 Å². The molecule has 0 bridgehead atoms. The number of aromatic nitrogens is 4.